The molecule has 1 unspecified atom stereocenters. The van der Waals surface area contributed by atoms with Gasteiger partial charge in [-0.15, -0.1) is 0 Å². The first-order valence-electron chi connectivity index (χ1n) is 6.05. The molecule has 114 valence electrons. The van der Waals surface area contributed by atoms with Crippen LogP contribution in [0.1, 0.15) is 34.1 Å². The van der Waals surface area contributed by atoms with Gasteiger partial charge < -0.3 is 14.2 Å². The molecule has 0 aliphatic heterocycles. The second kappa shape index (κ2) is 9.05. The normalized spacial score (nSPS) is 13.4. The minimum Gasteiger partial charge on any atom is -0.432 e. The fourth-order valence-electron chi connectivity index (χ4n) is 0.952. The van der Waals surface area contributed by atoms with Crippen LogP contribution in [0.2, 0.25) is 0 Å². The van der Waals surface area contributed by atoms with E-state index >= 15 is 0 Å². The summed E-state index contributed by atoms with van der Waals surface area (Å²) < 4.78 is 15.0. The molecule has 1 atom stereocenters. The Morgan fingerprint density at radius 3 is 2.47 bits per heavy atom. The van der Waals surface area contributed by atoms with E-state index in [1.807, 2.05) is 6.92 Å². The van der Waals surface area contributed by atoms with Gasteiger partial charge in [0.25, 0.3) is 0 Å². The lowest BCUT2D eigenvalue weighted by molar-refractivity contribution is -0.504. The quantitative estimate of drug-likeness (QED) is 0.375. The molecule has 0 aliphatic carbocycles. The standard InChI is InChI=1S/C11H23NO7/c1-5-11(3,4)18-10(13)17-7-6-16-8-9(2)19-12(14)15/h9,14-15H,5-8H2,1-4H3. The molecule has 0 amide bonds. The maximum atomic E-state index is 11.3. The largest absolute Gasteiger partial charge is 0.508 e. The van der Waals surface area contributed by atoms with E-state index in [2.05, 4.69) is 4.84 Å². The first-order valence-corrected chi connectivity index (χ1v) is 6.05. The molecule has 0 aromatic rings. The van der Waals surface area contributed by atoms with Crippen LogP contribution in [0.3, 0.4) is 0 Å². The average Bonchev–Trinajstić information content (AvgIpc) is 2.27. The Hall–Kier alpha value is -0.930. The van der Waals surface area contributed by atoms with E-state index in [4.69, 9.17) is 24.6 Å². The lowest BCUT2D eigenvalue weighted by atomic mass is 10.1. The molecule has 0 rings (SSSR count). The third-order valence-electron chi connectivity index (χ3n) is 2.29. The smallest absolute Gasteiger partial charge is 0.432 e. The maximum absolute atomic E-state index is 11.3. The van der Waals surface area contributed by atoms with Crippen LogP contribution in [0, 0.1) is 0 Å². The lowest BCUT2D eigenvalue weighted by Gasteiger charge is -2.22. The fraction of sp³-hybridized carbons (Fsp3) is 0.909. The molecular weight excluding hydrogens is 258 g/mol. The number of hydrogen-bond donors (Lipinski definition) is 2. The summed E-state index contributed by atoms with van der Waals surface area (Å²) in [4.78, 5) is 15.7. The zero-order chi connectivity index (χ0) is 14.9. The lowest BCUT2D eigenvalue weighted by Crippen LogP contribution is -2.28. The second-order valence-electron chi connectivity index (χ2n) is 4.56. The van der Waals surface area contributed by atoms with Gasteiger partial charge in [0.2, 0.25) is 0 Å². The summed E-state index contributed by atoms with van der Waals surface area (Å²) in [5, 5.41) is 16.3. The number of carbonyl (C=O) groups is 1. The van der Waals surface area contributed by atoms with Crippen molar-refractivity contribution < 1.29 is 34.3 Å². The van der Waals surface area contributed by atoms with Crippen LogP contribution in [0.15, 0.2) is 0 Å². The van der Waals surface area contributed by atoms with Crippen LogP contribution >= 0.6 is 0 Å². The molecule has 0 aromatic carbocycles. The first kappa shape index (κ1) is 18.1. The SMILES string of the molecule is CCC(C)(C)OC(=O)OCCOCC(C)ON(O)O. The molecule has 0 spiro atoms. The molecule has 19 heavy (non-hydrogen) atoms. The summed E-state index contributed by atoms with van der Waals surface area (Å²) in [5.74, 6) is 0. The minimum absolute atomic E-state index is 0.0489. The molecule has 0 heterocycles. The van der Waals surface area contributed by atoms with E-state index in [0.717, 1.165) is 0 Å². The van der Waals surface area contributed by atoms with Crippen LogP contribution in [-0.4, -0.2) is 53.5 Å². The molecule has 0 saturated carbocycles. The fourth-order valence-corrected chi connectivity index (χ4v) is 0.952. The van der Waals surface area contributed by atoms with Crippen LogP contribution < -0.4 is 0 Å². The summed E-state index contributed by atoms with van der Waals surface area (Å²) in [7, 11) is 0. The van der Waals surface area contributed by atoms with Crippen molar-refractivity contribution in [2.24, 2.45) is 0 Å². The highest BCUT2D eigenvalue weighted by atomic mass is 17.1. The Balaban J connectivity index is 3.57. The number of carbonyl (C=O) groups excluding carboxylic acids is 1. The van der Waals surface area contributed by atoms with E-state index in [-0.39, 0.29) is 25.2 Å². The van der Waals surface area contributed by atoms with Crippen LogP contribution in [0.4, 0.5) is 4.79 Å². The highest BCUT2D eigenvalue weighted by Crippen LogP contribution is 2.14. The van der Waals surface area contributed by atoms with Crippen LogP contribution in [0.25, 0.3) is 0 Å². The molecule has 0 saturated heterocycles. The molecule has 8 heteroatoms. The predicted molar refractivity (Wildman–Crippen MR) is 63.6 cm³/mol. The van der Waals surface area contributed by atoms with Crippen molar-refractivity contribution in [3.05, 3.63) is 0 Å². The van der Waals surface area contributed by atoms with Crippen molar-refractivity contribution >= 4 is 6.16 Å². The van der Waals surface area contributed by atoms with E-state index in [1.165, 1.54) is 0 Å². The van der Waals surface area contributed by atoms with Gasteiger partial charge in [-0.25, -0.2) is 9.63 Å². The second-order valence-corrected chi connectivity index (χ2v) is 4.56. The van der Waals surface area contributed by atoms with E-state index < -0.39 is 17.9 Å². The Kier molecular flexibility index (Phi) is 8.61. The van der Waals surface area contributed by atoms with Gasteiger partial charge >= 0.3 is 6.16 Å². The van der Waals surface area contributed by atoms with Crippen LogP contribution in [0.5, 0.6) is 0 Å². The van der Waals surface area contributed by atoms with Crippen molar-refractivity contribution in [3.8, 4) is 0 Å². The van der Waals surface area contributed by atoms with Gasteiger partial charge in [-0.2, -0.15) is 0 Å². The van der Waals surface area contributed by atoms with Gasteiger partial charge in [0.05, 0.1) is 18.6 Å². The molecule has 0 aliphatic rings. The maximum Gasteiger partial charge on any atom is 0.508 e. The Morgan fingerprint density at radius 1 is 1.32 bits per heavy atom. The molecule has 0 aromatic heterocycles. The highest BCUT2D eigenvalue weighted by molar-refractivity contribution is 5.60. The third-order valence-corrected chi connectivity index (χ3v) is 2.29. The van der Waals surface area contributed by atoms with Crippen molar-refractivity contribution in [2.45, 2.75) is 45.8 Å². The van der Waals surface area contributed by atoms with Crippen molar-refractivity contribution in [3.63, 3.8) is 0 Å². The van der Waals surface area contributed by atoms with Gasteiger partial charge in [0.1, 0.15) is 18.3 Å². The number of ether oxygens (including phenoxy) is 3. The van der Waals surface area contributed by atoms with E-state index in [0.29, 0.717) is 6.42 Å². The van der Waals surface area contributed by atoms with Crippen molar-refractivity contribution in [2.75, 3.05) is 19.8 Å². The van der Waals surface area contributed by atoms with Gasteiger partial charge in [0, 0.05) is 0 Å². The Labute approximate surface area is 112 Å². The van der Waals surface area contributed by atoms with Gasteiger partial charge in [-0.1, -0.05) is 6.92 Å². The average molecular weight is 281 g/mol. The molecule has 0 fully saturated rings. The van der Waals surface area contributed by atoms with E-state index in [1.54, 1.807) is 20.8 Å². The molecule has 0 radical (unpaired) electrons. The number of rotatable bonds is 9. The summed E-state index contributed by atoms with van der Waals surface area (Å²) in [5.41, 5.74) is -0.550. The third kappa shape index (κ3) is 10.7. The van der Waals surface area contributed by atoms with Gasteiger partial charge in [0.15, 0.2) is 0 Å². The highest BCUT2D eigenvalue weighted by Gasteiger charge is 2.21. The van der Waals surface area contributed by atoms with Crippen LogP contribution in [-0.2, 0) is 19.0 Å². The zero-order valence-corrected chi connectivity index (χ0v) is 11.8. The molecule has 8 nitrogen and oxygen atoms in total. The Morgan fingerprint density at radius 2 is 1.95 bits per heavy atom. The summed E-state index contributed by atoms with van der Waals surface area (Å²) in [6, 6.07) is 0. The van der Waals surface area contributed by atoms with Gasteiger partial charge in [-0.3, -0.25) is 10.4 Å². The zero-order valence-electron chi connectivity index (χ0n) is 11.8. The summed E-state index contributed by atoms with van der Waals surface area (Å²) in [6.45, 7) is 7.40. The minimum atomic E-state index is -0.739. The summed E-state index contributed by atoms with van der Waals surface area (Å²) in [6.07, 6.45) is -0.593. The van der Waals surface area contributed by atoms with Gasteiger partial charge in [-0.05, 0) is 27.2 Å². The molecular formula is C11H23NO7. The first-order chi connectivity index (χ1) is 8.76. The topological polar surface area (TPSA) is 97.7 Å². The van der Waals surface area contributed by atoms with Crippen molar-refractivity contribution in [1.82, 2.24) is 5.39 Å². The molecule has 0 bridgehead atoms. The van der Waals surface area contributed by atoms with E-state index in [9.17, 15) is 4.79 Å². The Bertz CT molecular complexity index is 257. The predicted octanol–water partition coefficient (Wildman–Crippen LogP) is 1.75. The summed E-state index contributed by atoms with van der Waals surface area (Å²) >= 11 is 0. The number of nitrogens with zero attached hydrogens (tertiary/aromatic N) is 1. The molecule has 2 N–H and O–H groups in total. The van der Waals surface area contributed by atoms with Crippen molar-refractivity contribution in [1.29, 1.82) is 0 Å². The monoisotopic (exact) mass is 281 g/mol. The number of hydrogen-bond acceptors (Lipinski definition) is 8.